The van der Waals surface area contributed by atoms with Crippen molar-refractivity contribution in [2.24, 2.45) is 11.8 Å². The van der Waals surface area contributed by atoms with E-state index in [1.807, 2.05) is 49.5 Å². The number of carbonyl (C=O) groups is 1. The molecule has 3 unspecified atom stereocenters. The number of imidazole rings is 1. The summed E-state index contributed by atoms with van der Waals surface area (Å²) in [5, 5.41) is 23.5. The number of tetrazole rings is 1. The summed E-state index contributed by atoms with van der Waals surface area (Å²) in [6.45, 7) is 4.31. The lowest BCUT2D eigenvalue weighted by Gasteiger charge is -2.09. The van der Waals surface area contributed by atoms with E-state index in [0.717, 1.165) is 47.3 Å². The first kappa shape index (κ1) is 22.7. The number of hydrogen-bond donors (Lipinski definition) is 2. The third kappa shape index (κ3) is 4.39. The van der Waals surface area contributed by atoms with E-state index in [2.05, 4.69) is 32.5 Å². The molecule has 5 rings (SSSR count). The summed E-state index contributed by atoms with van der Waals surface area (Å²) in [5.41, 5.74) is 4.30. The van der Waals surface area contributed by atoms with Gasteiger partial charge in [-0.15, -0.1) is 5.10 Å². The molecule has 2 N–H and O–H groups in total. The van der Waals surface area contributed by atoms with Crippen molar-refractivity contribution < 1.29 is 9.90 Å². The molecule has 3 atom stereocenters. The Morgan fingerprint density at radius 2 is 1.97 bits per heavy atom. The summed E-state index contributed by atoms with van der Waals surface area (Å²) in [6.07, 6.45) is 6.29. The number of aryl methyl sites for hydroxylation is 1. The number of aromatic nitrogens is 7. The predicted octanol–water partition coefficient (Wildman–Crippen LogP) is 3.17. The molecule has 0 bridgehead atoms. The van der Waals surface area contributed by atoms with E-state index < -0.39 is 11.9 Å². The Morgan fingerprint density at radius 3 is 2.69 bits per heavy atom. The fourth-order valence-corrected chi connectivity index (χ4v) is 4.76. The fraction of sp³-hybridized carbons (Fsp3) is 0.360. The maximum absolute atomic E-state index is 13.4. The van der Waals surface area contributed by atoms with E-state index in [0.29, 0.717) is 12.4 Å². The van der Waals surface area contributed by atoms with Crippen LogP contribution in [0.2, 0.25) is 0 Å². The van der Waals surface area contributed by atoms with Gasteiger partial charge in [0, 0.05) is 23.7 Å². The highest BCUT2D eigenvalue weighted by Crippen LogP contribution is 2.49. The first-order valence-corrected chi connectivity index (χ1v) is 11.8. The van der Waals surface area contributed by atoms with Crippen LogP contribution in [0.25, 0.3) is 22.5 Å². The number of benzene rings is 1. The van der Waals surface area contributed by atoms with Gasteiger partial charge in [-0.1, -0.05) is 38.5 Å². The van der Waals surface area contributed by atoms with E-state index in [-0.39, 0.29) is 17.6 Å². The summed E-state index contributed by atoms with van der Waals surface area (Å²) < 4.78 is 3.36. The number of aliphatic carboxylic acids is 1. The van der Waals surface area contributed by atoms with Gasteiger partial charge in [-0.3, -0.25) is 18.9 Å². The molecular formula is C25H27N7O3. The van der Waals surface area contributed by atoms with Crippen molar-refractivity contribution in [3.63, 3.8) is 0 Å². The molecule has 35 heavy (non-hydrogen) atoms. The summed E-state index contributed by atoms with van der Waals surface area (Å²) in [7, 11) is 0. The SMILES string of the molecule is CCCCc1cn(C2C(C)C2C(=O)O)c(=O)n1Cc1cc(-c2cccc(-c3nnn[nH]3)c2)ccn1. The average Bonchev–Trinajstić information content (AvgIpc) is 3.18. The fourth-order valence-electron chi connectivity index (χ4n) is 4.76. The molecule has 1 aliphatic rings. The Balaban J connectivity index is 1.46. The highest BCUT2D eigenvalue weighted by molar-refractivity contribution is 5.74. The molecule has 1 saturated carbocycles. The summed E-state index contributed by atoms with van der Waals surface area (Å²) >= 11 is 0. The van der Waals surface area contributed by atoms with Crippen LogP contribution in [0, 0.1) is 11.8 Å². The van der Waals surface area contributed by atoms with Gasteiger partial charge >= 0.3 is 11.7 Å². The normalized spacial score (nSPS) is 19.1. The Morgan fingerprint density at radius 1 is 1.17 bits per heavy atom. The first-order valence-electron chi connectivity index (χ1n) is 11.8. The van der Waals surface area contributed by atoms with E-state index in [9.17, 15) is 14.7 Å². The van der Waals surface area contributed by atoms with Crippen LogP contribution in [-0.2, 0) is 17.8 Å². The number of aromatic amines is 1. The Labute approximate surface area is 201 Å². The summed E-state index contributed by atoms with van der Waals surface area (Å²) in [6, 6.07) is 11.5. The number of rotatable bonds is 9. The molecule has 1 aliphatic carbocycles. The molecule has 0 amide bonds. The van der Waals surface area contributed by atoms with Crippen LogP contribution in [0.3, 0.4) is 0 Å². The molecule has 3 heterocycles. The number of nitrogens with one attached hydrogen (secondary N) is 1. The quantitative estimate of drug-likeness (QED) is 0.382. The van der Waals surface area contributed by atoms with Crippen molar-refractivity contribution in [1.82, 2.24) is 34.7 Å². The van der Waals surface area contributed by atoms with Gasteiger partial charge in [-0.2, -0.15) is 0 Å². The maximum Gasteiger partial charge on any atom is 0.328 e. The molecule has 10 nitrogen and oxygen atoms in total. The van der Waals surface area contributed by atoms with Crippen LogP contribution in [0.15, 0.2) is 53.6 Å². The summed E-state index contributed by atoms with van der Waals surface area (Å²) in [5.74, 6) is -0.845. The zero-order chi connectivity index (χ0) is 24.5. The molecule has 3 aromatic heterocycles. The average molecular weight is 474 g/mol. The molecule has 0 radical (unpaired) electrons. The second kappa shape index (κ2) is 9.28. The lowest BCUT2D eigenvalue weighted by atomic mass is 10.0. The van der Waals surface area contributed by atoms with Crippen molar-refractivity contribution in [1.29, 1.82) is 0 Å². The van der Waals surface area contributed by atoms with E-state index in [1.54, 1.807) is 15.3 Å². The minimum Gasteiger partial charge on any atom is -0.481 e. The smallest absolute Gasteiger partial charge is 0.328 e. The lowest BCUT2D eigenvalue weighted by Crippen LogP contribution is -2.26. The maximum atomic E-state index is 13.4. The number of hydrogen-bond acceptors (Lipinski definition) is 6. The molecular weight excluding hydrogens is 446 g/mol. The zero-order valence-electron chi connectivity index (χ0n) is 19.6. The zero-order valence-corrected chi connectivity index (χ0v) is 19.6. The predicted molar refractivity (Wildman–Crippen MR) is 129 cm³/mol. The van der Waals surface area contributed by atoms with Gasteiger partial charge in [0.2, 0.25) is 0 Å². The molecule has 4 aromatic rings. The van der Waals surface area contributed by atoms with Gasteiger partial charge in [0.25, 0.3) is 0 Å². The number of carboxylic acid groups (broad SMARTS) is 1. The van der Waals surface area contributed by atoms with E-state index in [1.165, 1.54) is 0 Å². The van der Waals surface area contributed by atoms with E-state index >= 15 is 0 Å². The third-order valence-corrected chi connectivity index (χ3v) is 6.76. The molecule has 1 fully saturated rings. The highest BCUT2D eigenvalue weighted by atomic mass is 16.4. The van der Waals surface area contributed by atoms with Crippen molar-refractivity contribution in [3.8, 4) is 22.5 Å². The molecule has 180 valence electrons. The minimum absolute atomic E-state index is 0.0617. The van der Waals surface area contributed by atoms with Crippen LogP contribution >= 0.6 is 0 Å². The third-order valence-electron chi connectivity index (χ3n) is 6.76. The minimum atomic E-state index is -0.852. The number of pyridine rings is 1. The van der Waals surface area contributed by atoms with Gasteiger partial charge in [-0.05, 0) is 58.5 Å². The topological polar surface area (TPSA) is 132 Å². The highest BCUT2D eigenvalue weighted by Gasteiger charge is 2.54. The van der Waals surface area contributed by atoms with Crippen LogP contribution in [-0.4, -0.2) is 45.8 Å². The summed E-state index contributed by atoms with van der Waals surface area (Å²) in [4.78, 5) is 29.4. The second-order valence-corrected chi connectivity index (χ2v) is 9.08. The Kier molecular flexibility index (Phi) is 6.02. The van der Waals surface area contributed by atoms with Crippen LogP contribution in [0.4, 0.5) is 0 Å². The van der Waals surface area contributed by atoms with Crippen molar-refractivity contribution >= 4 is 5.97 Å². The van der Waals surface area contributed by atoms with Crippen LogP contribution in [0.1, 0.15) is 44.1 Å². The molecule has 0 spiro atoms. The number of nitrogens with zero attached hydrogens (tertiary/aromatic N) is 6. The van der Waals surface area contributed by atoms with Gasteiger partial charge in [-0.25, -0.2) is 9.89 Å². The van der Waals surface area contributed by atoms with Crippen molar-refractivity contribution in [2.45, 2.75) is 45.7 Å². The van der Waals surface area contributed by atoms with Gasteiger partial charge in [0.15, 0.2) is 5.82 Å². The standard InChI is InChI=1S/C25H27N7O3/c1-3-4-8-20-14-32(22-15(2)21(22)24(33)34)25(35)31(20)13-19-12-17(9-10-26-19)16-6-5-7-18(11-16)23-27-29-30-28-23/h5-7,9-12,14-15,21-22H,3-4,8,13H2,1-2H3,(H,33,34)(H,27,28,29,30). The lowest BCUT2D eigenvalue weighted by molar-refractivity contribution is -0.139. The van der Waals surface area contributed by atoms with Crippen molar-refractivity contribution in [2.75, 3.05) is 0 Å². The Bertz CT molecular complexity index is 1410. The number of carboxylic acids is 1. The second-order valence-electron chi connectivity index (χ2n) is 9.08. The number of H-pyrrole nitrogens is 1. The first-order chi connectivity index (χ1) is 17.0. The largest absolute Gasteiger partial charge is 0.481 e. The monoisotopic (exact) mass is 473 g/mol. The molecule has 0 aliphatic heterocycles. The number of unbranched alkanes of at least 4 members (excludes halogenated alkanes) is 1. The van der Waals surface area contributed by atoms with Gasteiger partial charge in [0.05, 0.1) is 24.2 Å². The van der Waals surface area contributed by atoms with Crippen molar-refractivity contribution in [3.05, 3.63) is 70.7 Å². The van der Waals surface area contributed by atoms with Crippen LogP contribution < -0.4 is 5.69 Å². The molecule has 0 saturated heterocycles. The van der Waals surface area contributed by atoms with Crippen LogP contribution in [0.5, 0.6) is 0 Å². The molecule has 1 aromatic carbocycles. The van der Waals surface area contributed by atoms with Gasteiger partial charge in [0.1, 0.15) is 0 Å². The van der Waals surface area contributed by atoms with E-state index in [4.69, 9.17) is 0 Å². The van der Waals surface area contributed by atoms with Gasteiger partial charge < -0.3 is 5.11 Å². The molecule has 10 heteroatoms. The Hall–Kier alpha value is -4.08.